The monoisotopic (exact) mass is 274 g/mol. The van der Waals surface area contributed by atoms with Gasteiger partial charge in [-0.05, 0) is 37.6 Å². The molecule has 0 aliphatic carbocycles. The number of aryl methyl sites for hydroxylation is 1. The van der Waals surface area contributed by atoms with E-state index in [-0.39, 0.29) is 0 Å². The van der Waals surface area contributed by atoms with Gasteiger partial charge < -0.3 is 14.5 Å². The molecule has 4 heteroatoms. The van der Waals surface area contributed by atoms with Crippen molar-refractivity contribution in [2.45, 2.75) is 33.9 Å². The number of ether oxygens (including phenoxy) is 1. The van der Waals surface area contributed by atoms with Gasteiger partial charge in [0.1, 0.15) is 18.1 Å². The van der Waals surface area contributed by atoms with E-state index >= 15 is 0 Å². The maximum atomic E-state index is 5.80. The summed E-state index contributed by atoms with van der Waals surface area (Å²) >= 11 is 0. The molecule has 1 N–H and O–H groups in total. The number of hydrogen-bond acceptors (Lipinski definition) is 4. The molecule has 2 heterocycles. The minimum atomic E-state index is 0.502. The Morgan fingerprint density at radius 1 is 1.35 bits per heavy atom. The van der Waals surface area contributed by atoms with Crippen molar-refractivity contribution in [2.24, 2.45) is 5.92 Å². The quantitative estimate of drug-likeness (QED) is 0.841. The van der Waals surface area contributed by atoms with Crippen molar-refractivity contribution in [3.63, 3.8) is 0 Å². The van der Waals surface area contributed by atoms with E-state index in [1.807, 2.05) is 25.1 Å². The highest BCUT2D eigenvalue weighted by atomic mass is 16.5. The van der Waals surface area contributed by atoms with Gasteiger partial charge in [-0.15, -0.1) is 0 Å². The number of hydrogen-bond donors (Lipinski definition) is 1. The summed E-state index contributed by atoms with van der Waals surface area (Å²) < 4.78 is 11.3. The molecule has 0 amide bonds. The maximum Gasteiger partial charge on any atom is 0.141 e. The van der Waals surface area contributed by atoms with E-state index in [1.165, 1.54) is 0 Å². The topological polar surface area (TPSA) is 47.3 Å². The predicted octanol–water partition coefficient (Wildman–Crippen LogP) is 3.31. The fraction of sp³-hybridized carbons (Fsp3) is 0.438. The molecule has 0 aromatic carbocycles. The van der Waals surface area contributed by atoms with E-state index in [2.05, 4.69) is 24.1 Å². The summed E-state index contributed by atoms with van der Waals surface area (Å²) in [5, 5.41) is 3.38. The van der Waals surface area contributed by atoms with Crippen LogP contribution in [-0.4, -0.2) is 11.5 Å². The molecule has 0 atom stereocenters. The van der Waals surface area contributed by atoms with Crippen LogP contribution in [0.4, 0.5) is 0 Å². The molecule has 0 aliphatic rings. The first-order valence-electron chi connectivity index (χ1n) is 6.97. The standard InChI is InChI=1S/C16H22N2O2/c1-12(2)9-17-10-16-14(6-8-19-16)11-20-15-5-4-7-18-13(15)3/h4-8,12,17H,9-11H2,1-3H3. The van der Waals surface area contributed by atoms with Gasteiger partial charge >= 0.3 is 0 Å². The summed E-state index contributed by atoms with van der Waals surface area (Å²) in [5.74, 6) is 2.38. The second kappa shape index (κ2) is 7.10. The molecule has 4 nitrogen and oxygen atoms in total. The number of furan rings is 1. The maximum absolute atomic E-state index is 5.80. The predicted molar refractivity (Wildman–Crippen MR) is 78.6 cm³/mol. The van der Waals surface area contributed by atoms with Crippen molar-refractivity contribution < 1.29 is 9.15 Å². The molecule has 0 radical (unpaired) electrons. The summed E-state index contributed by atoms with van der Waals surface area (Å²) in [4.78, 5) is 4.21. The third-order valence-electron chi connectivity index (χ3n) is 3.02. The average molecular weight is 274 g/mol. The molecule has 0 fully saturated rings. The Bertz CT molecular complexity index is 535. The lowest BCUT2D eigenvalue weighted by Crippen LogP contribution is -2.19. The van der Waals surface area contributed by atoms with Gasteiger partial charge in [-0.2, -0.15) is 0 Å². The van der Waals surface area contributed by atoms with Crippen LogP contribution in [0, 0.1) is 12.8 Å². The van der Waals surface area contributed by atoms with Gasteiger partial charge in [0.05, 0.1) is 18.5 Å². The summed E-state index contributed by atoms with van der Waals surface area (Å²) in [6, 6.07) is 5.76. The molecule has 2 aromatic heterocycles. The Morgan fingerprint density at radius 2 is 2.20 bits per heavy atom. The van der Waals surface area contributed by atoms with Gasteiger partial charge in [0.2, 0.25) is 0 Å². The van der Waals surface area contributed by atoms with Crippen LogP contribution >= 0.6 is 0 Å². The lowest BCUT2D eigenvalue weighted by atomic mass is 10.2. The van der Waals surface area contributed by atoms with Gasteiger partial charge in [-0.1, -0.05) is 13.8 Å². The van der Waals surface area contributed by atoms with Crippen molar-refractivity contribution in [3.8, 4) is 5.75 Å². The fourth-order valence-corrected chi connectivity index (χ4v) is 1.90. The van der Waals surface area contributed by atoms with Crippen molar-refractivity contribution in [1.29, 1.82) is 0 Å². The largest absolute Gasteiger partial charge is 0.487 e. The lowest BCUT2D eigenvalue weighted by Gasteiger charge is -2.09. The van der Waals surface area contributed by atoms with Crippen LogP contribution in [0.2, 0.25) is 0 Å². The van der Waals surface area contributed by atoms with Crippen LogP contribution in [0.15, 0.2) is 35.1 Å². The normalized spacial score (nSPS) is 11.0. The Morgan fingerprint density at radius 3 is 2.95 bits per heavy atom. The molecule has 0 saturated heterocycles. The van der Waals surface area contributed by atoms with Crippen LogP contribution in [0.5, 0.6) is 5.75 Å². The number of nitrogens with one attached hydrogen (secondary N) is 1. The van der Waals surface area contributed by atoms with Gasteiger partial charge in [0.25, 0.3) is 0 Å². The smallest absolute Gasteiger partial charge is 0.141 e. The molecule has 2 rings (SSSR count). The molecule has 2 aromatic rings. The third kappa shape index (κ3) is 4.10. The highest BCUT2D eigenvalue weighted by Crippen LogP contribution is 2.18. The van der Waals surface area contributed by atoms with Crippen molar-refractivity contribution in [1.82, 2.24) is 10.3 Å². The third-order valence-corrected chi connectivity index (χ3v) is 3.02. The first-order valence-corrected chi connectivity index (χ1v) is 6.97. The van der Waals surface area contributed by atoms with Crippen molar-refractivity contribution >= 4 is 0 Å². The fourth-order valence-electron chi connectivity index (χ4n) is 1.90. The summed E-state index contributed by atoms with van der Waals surface area (Å²) in [6.45, 7) is 8.52. The van der Waals surface area contributed by atoms with Crippen LogP contribution in [0.25, 0.3) is 0 Å². The number of aromatic nitrogens is 1. The zero-order chi connectivity index (χ0) is 14.4. The molecule has 20 heavy (non-hydrogen) atoms. The molecule has 0 unspecified atom stereocenters. The van der Waals surface area contributed by atoms with E-state index < -0.39 is 0 Å². The molecule has 108 valence electrons. The van der Waals surface area contributed by atoms with Crippen molar-refractivity contribution in [2.75, 3.05) is 6.54 Å². The van der Waals surface area contributed by atoms with E-state index in [9.17, 15) is 0 Å². The summed E-state index contributed by atoms with van der Waals surface area (Å²) in [5.41, 5.74) is 1.97. The minimum absolute atomic E-state index is 0.502. The van der Waals surface area contributed by atoms with Crippen LogP contribution in [0.3, 0.4) is 0 Å². The second-order valence-electron chi connectivity index (χ2n) is 5.27. The van der Waals surface area contributed by atoms with Gasteiger partial charge in [-0.3, -0.25) is 4.98 Å². The van der Waals surface area contributed by atoms with E-state index in [1.54, 1.807) is 12.5 Å². The molecule has 0 spiro atoms. The van der Waals surface area contributed by atoms with E-state index in [4.69, 9.17) is 9.15 Å². The average Bonchev–Trinajstić information content (AvgIpc) is 2.85. The highest BCUT2D eigenvalue weighted by Gasteiger charge is 2.08. The Balaban J connectivity index is 1.90. The zero-order valence-corrected chi connectivity index (χ0v) is 12.3. The summed E-state index contributed by atoms with van der Waals surface area (Å²) in [7, 11) is 0. The summed E-state index contributed by atoms with van der Waals surface area (Å²) in [6.07, 6.45) is 3.47. The second-order valence-corrected chi connectivity index (χ2v) is 5.27. The molecule has 0 bridgehead atoms. The SMILES string of the molecule is Cc1ncccc1OCc1ccoc1CNCC(C)C. The molecular formula is C16H22N2O2. The lowest BCUT2D eigenvalue weighted by molar-refractivity contribution is 0.297. The van der Waals surface area contributed by atoms with E-state index in [0.29, 0.717) is 12.5 Å². The number of pyridine rings is 1. The minimum Gasteiger partial charge on any atom is -0.487 e. The molecule has 0 saturated carbocycles. The highest BCUT2D eigenvalue weighted by molar-refractivity contribution is 5.26. The Labute approximate surface area is 120 Å². The van der Waals surface area contributed by atoms with Crippen LogP contribution < -0.4 is 10.1 Å². The first kappa shape index (κ1) is 14.6. The number of rotatable bonds is 7. The molecule has 0 aliphatic heterocycles. The van der Waals surface area contributed by atoms with Gasteiger partial charge in [0.15, 0.2) is 0 Å². The zero-order valence-electron chi connectivity index (χ0n) is 12.3. The molecular weight excluding hydrogens is 252 g/mol. The first-order chi connectivity index (χ1) is 9.66. The van der Waals surface area contributed by atoms with Crippen LogP contribution in [0.1, 0.15) is 30.9 Å². The van der Waals surface area contributed by atoms with Gasteiger partial charge in [-0.25, -0.2) is 0 Å². The van der Waals surface area contributed by atoms with Gasteiger partial charge in [0, 0.05) is 11.8 Å². The van der Waals surface area contributed by atoms with Crippen LogP contribution in [-0.2, 0) is 13.2 Å². The Kier molecular flexibility index (Phi) is 5.18. The Hall–Kier alpha value is -1.81. The van der Waals surface area contributed by atoms with Crippen molar-refractivity contribution in [3.05, 3.63) is 47.7 Å². The van der Waals surface area contributed by atoms with E-state index in [0.717, 1.165) is 35.9 Å². The number of nitrogens with zero attached hydrogens (tertiary/aromatic N) is 1.